The smallest absolute Gasteiger partial charge is 0.239 e. The van der Waals surface area contributed by atoms with Crippen LogP contribution < -0.4 is 9.64 Å². The molecule has 1 aliphatic heterocycles. The third-order valence-corrected chi connectivity index (χ3v) is 8.19. The van der Waals surface area contributed by atoms with Crippen LogP contribution in [0.1, 0.15) is 28.2 Å². The fourth-order valence-corrected chi connectivity index (χ4v) is 6.87. The van der Waals surface area contributed by atoms with Crippen LogP contribution in [0, 0.1) is 11.8 Å². The summed E-state index contributed by atoms with van der Waals surface area (Å²) in [6, 6.07) is 23.5. The van der Waals surface area contributed by atoms with Gasteiger partial charge in [0.25, 0.3) is 0 Å². The number of nitrogens with zero attached hydrogens (tertiary/aromatic N) is 1. The monoisotopic (exact) mass is 459 g/mol. The number of imide groups is 1. The molecule has 2 atom stereocenters. The Kier molecular flexibility index (Phi) is 3.61. The van der Waals surface area contributed by atoms with E-state index in [1.165, 1.54) is 4.90 Å². The zero-order chi connectivity index (χ0) is 20.6. The Bertz CT molecular complexity index is 1170. The SMILES string of the molecule is COc1ccc(N2C(=O)[C@@H]3C4c5ccccc5C(Br)(c5ccccc54)[C@H]3C2=O)cc1. The Labute approximate surface area is 182 Å². The van der Waals surface area contributed by atoms with E-state index in [4.69, 9.17) is 4.74 Å². The minimum atomic E-state index is -0.715. The number of hydrogen-bond acceptors (Lipinski definition) is 3. The zero-order valence-corrected chi connectivity index (χ0v) is 17.8. The summed E-state index contributed by atoms with van der Waals surface area (Å²) < 4.78 is 4.51. The van der Waals surface area contributed by atoms with Crippen LogP contribution in [0.25, 0.3) is 0 Å². The molecule has 1 heterocycles. The van der Waals surface area contributed by atoms with E-state index in [-0.39, 0.29) is 17.7 Å². The van der Waals surface area contributed by atoms with Gasteiger partial charge in [0.2, 0.25) is 11.8 Å². The highest BCUT2D eigenvalue weighted by atomic mass is 79.9. The second-order valence-electron chi connectivity index (χ2n) is 8.08. The molecule has 0 aromatic heterocycles. The lowest BCUT2D eigenvalue weighted by Crippen LogP contribution is -2.50. The van der Waals surface area contributed by atoms with Crippen molar-refractivity contribution in [2.45, 2.75) is 10.2 Å². The van der Waals surface area contributed by atoms with Gasteiger partial charge in [0.15, 0.2) is 0 Å². The van der Waals surface area contributed by atoms with Crippen LogP contribution >= 0.6 is 15.9 Å². The van der Waals surface area contributed by atoms with E-state index >= 15 is 0 Å². The van der Waals surface area contributed by atoms with Crippen LogP contribution in [0.15, 0.2) is 72.8 Å². The summed E-state index contributed by atoms with van der Waals surface area (Å²) in [4.78, 5) is 28.8. The van der Waals surface area contributed by atoms with Crippen LogP contribution in [0.3, 0.4) is 0 Å². The van der Waals surface area contributed by atoms with Gasteiger partial charge in [0.1, 0.15) is 5.75 Å². The van der Waals surface area contributed by atoms with Gasteiger partial charge < -0.3 is 4.74 Å². The second kappa shape index (κ2) is 6.05. The lowest BCUT2D eigenvalue weighted by molar-refractivity contribution is -0.122. The maximum Gasteiger partial charge on any atom is 0.239 e. The number of amides is 2. The van der Waals surface area contributed by atoms with Crippen LogP contribution in [0.5, 0.6) is 5.75 Å². The third-order valence-electron chi connectivity index (χ3n) is 6.85. The number of alkyl halides is 1. The molecule has 2 amide bonds. The van der Waals surface area contributed by atoms with Crippen molar-refractivity contribution in [2.75, 3.05) is 12.0 Å². The van der Waals surface area contributed by atoms with Crippen molar-refractivity contribution in [3.8, 4) is 5.75 Å². The third kappa shape index (κ3) is 2.01. The second-order valence-corrected chi connectivity index (χ2v) is 9.33. The quantitative estimate of drug-likeness (QED) is 0.415. The molecule has 0 N–H and O–H groups in total. The topological polar surface area (TPSA) is 46.6 Å². The Morgan fingerprint density at radius 1 is 0.833 bits per heavy atom. The van der Waals surface area contributed by atoms with Gasteiger partial charge in [-0.25, -0.2) is 4.90 Å². The Balaban J connectivity index is 1.57. The van der Waals surface area contributed by atoms with E-state index in [2.05, 4.69) is 40.2 Å². The van der Waals surface area contributed by atoms with Gasteiger partial charge in [-0.1, -0.05) is 64.5 Å². The van der Waals surface area contributed by atoms with Gasteiger partial charge in [-0.05, 0) is 46.5 Å². The molecular weight excluding hydrogens is 442 g/mol. The molecule has 30 heavy (non-hydrogen) atoms. The lowest BCUT2D eigenvalue weighted by Gasteiger charge is -2.51. The minimum Gasteiger partial charge on any atom is -0.497 e. The number of carbonyl (C=O) groups excluding carboxylic acids is 2. The molecule has 7 rings (SSSR count). The van der Waals surface area contributed by atoms with Crippen molar-refractivity contribution in [1.29, 1.82) is 0 Å². The maximum absolute atomic E-state index is 13.8. The molecule has 0 spiro atoms. The highest BCUT2D eigenvalue weighted by molar-refractivity contribution is 9.09. The summed E-state index contributed by atoms with van der Waals surface area (Å²) in [5, 5.41) is 0. The van der Waals surface area contributed by atoms with E-state index < -0.39 is 16.2 Å². The summed E-state index contributed by atoms with van der Waals surface area (Å²) in [6.07, 6.45) is 0. The molecule has 148 valence electrons. The summed E-state index contributed by atoms with van der Waals surface area (Å²) in [5.41, 5.74) is 5.03. The molecule has 3 aromatic carbocycles. The van der Waals surface area contributed by atoms with Gasteiger partial charge >= 0.3 is 0 Å². The minimum absolute atomic E-state index is 0.124. The number of methoxy groups -OCH3 is 1. The van der Waals surface area contributed by atoms with Crippen molar-refractivity contribution >= 4 is 33.4 Å². The van der Waals surface area contributed by atoms with E-state index in [0.29, 0.717) is 11.4 Å². The molecule has 1 fully saturated rings. The van der Waals surface area contributed by atoms with Crippen molar-refractivity contribution in [1.82, 2.24) is 0 Å². The van der Waals surface area contributed by atoms with Crippen LogP contribution in [0.2, 0.25) is 0 Å². The van der Waals surface area contributed by atoms with Crippen molar-refractivity contribution in [2.24, 2.45) is 11.8 Å². The van der Waals surface area contributed by atoms with Crippen molar-refractivity contribution in [3.05, 3.63) is 95.1 Å². The van der Waals surface area contributed by atoms with Crippen LogP contribution in [-0.4, -0.2) is 18.9 Å². The molecule has 0 radical (unpaired) electrons. The Morgan fingerprint density at radius 3 is 1.97 bits per heavy atom. The predicted molar refractivity (Wildman–Crippen MR) is 117 cm³/mol. The lowest BCUT2D eigenvalue weighted by atomic mass is 9.55. The molecule has 4 nitrogen and oxygen atoms in total. The highest BCUT2D eigenvalue weighted by Gasteiger charge is 2.67. The fourth-order valence-electron chi connectivity index (χ4n) is 5.66. The standard InChI is InChI=1S/C25H18BrNO3/c1-30-15-12-10-14(11-13-15)27-23(28)21-20-16-6-2-4-8-18(16)25(26,22(21)24(27)29)19-9-5-3-7-17(19)20/h2-13,20-22H,1H3/t20?,21-,22-,25?/m1/s1. The molecule has 3 aliphatic carbocycles. The highest BCUT2D eigenvalue weighted by Crippen LogP contribution is 2.66. The number of anilines is 1. The fraction of sp³-hybridized carbons (Fsp3) is 0.200. The number of hydrogen-bond donors (Lipinski definition) is 0. The van der Waals surface area contributed by atoms with Crippen molar-refractivity contribution in [3.63, 3.8) is 0 Å². The average molecular weight is 460 g/mol. The first-order valence-electron chi connectivity index (χ1n) is 9.97. The van der Waals surface area contributed by atoms with Gasteiger partial charge in [-0.2, -0.15) is 0 Å². The van der Waals surface area contributed by atoms with Crippen LogP contribution in [-0.2, 0) is 13.9 Å². The molecule has 3 aromatic rings. The first-order chi connectivity index (χ1) is 14.6. The first-order valence-corrected chi connectivity index (χ1v) is 10.8. The van der Waals surface area contributed by atoms with E-state index in [9.17, 15) is 9.59 Å². The van der Waals surface area contributed by atoms with E-state index in [1.807, 2.05) is 24.3 Å². The average Bonchev–Trinajstić information content (AvgIpc) is 3.06. The molecule has 1 saturated heterocycles. The largest absolute Gasteiger partial charge is 0.497 e. The molecule has 4 aliphatic rings. The predicted octanol–water partition coefficient (Wildman–Crippen LogP) is 4.60. The summed E-state index contributed by atoms with van der Waals surface area (Å²) in [5.74, 6) is -0.631. The maximum atomic E-state index is 13.8. The molecular formula is C25H18BrNO3. The van der Waals surface area contributed by atoms with Gasteiger partial charge in [0.05, 0.1) is 29.0 Å². The van der Waals surface area contributed by atoms with E-state index in [0.717, 1.165) is 22.3 Å². The summed E-state index contributed by atoms with van der Waals surface area (Å²) in [6.45, 7) is 0. The first kappa shape index (κ1) is 17.9. The number of carbonyl (C=O) groups is 2. The molecule has 0 saturated carbocycles. The summed E-state index contributed by atoms with van der Waals surface area (Å²) in [7, 11) is 1.59. The normalized spacial score (nSPS) is 28.2. The van der Waals surface area contributed by atoms with Gasteiger partial charge in [0, 0.05) is 5.92 Å². The Hall–Kier alpha value is -2.92. The number of rotatable bonds is 2. The molecule has 2 bridgehead atoms. The summed E-state index contributed by atoms with van der Waals surface area (Å²) >= 11 is 4.01. The zero-order valence-electron chi connectivity index (χ0n) is 16.2. The molecule has 5 heteroatoms. The van der Waals surface area contributed by atoms with Crippen LogP contribution in [0.4, 0.5) is 5.69 Å². The van der Waals surface area contributed by atoms with E-state index in [1.54, 1.807) is 31.4 Å². The Morgan fingerprint density at radius 2 is 1.40 bits per heavy atom. The van der Waals surface area contributed by atoms with Crippen molar-refractivity contribution < 1.29 is 14.3 Å². The number of halogens is 1. The van der Waals surface area contributed by atoms with Gasteiger partial charge in [-0.15, -0.1) is 0 Å². The molecule has 0 unspecified atom stereocenters. The number of ether oxygens (including phenoxy) is 1. The number of benzene rings is 3. The van der Waals surface area contributed by atoms with Gasteiger partial charge in [-0.3, -0.25) is 9.59 Å².